The lowest BCUT2D eigenvalue weighted by Gasteiger charge is -2.07. The molecule has 2 N–H and O–H groups in total. The van der Waals surface area contributed by atoms with E-state index in [9.17, 15) is 9.59 Å². The van der Waals surface area contributed by atoms with Crippen LogP contribution in [0.5, 0.6) is 0 Å². The number of hydrogen-bond donors (Lipinski definition) is 1. The van der Waals surface area contributed by atoms with Crippen molar-refractivity contribution in [1.82, 2.24) is 0 Å². The highest BCUT2D eigenvalue weighted by molar-refractivity contribution is 6.48. The second-order valence-corrected chi connectivity index (χ2v) is 2.63. The van der Waals surface area contributed by atoms with Gasteiger partial charge in [0.05, 0.1) is 0 Å². The van der Waals surface area contributed by atoms with E-state index in [1.54, 1.807) is 0 Å². The Morgan fingerprint density at radius 3 is 2.55 bits per heavy atom. The maximum Gasteiger partial charge on any atom is 0.203 e. The average Bonchev–Trinajstić information content (AvgIpc) is 1.97. The van der Waals surface area contributed by atoms with Crippen molar-refractivity contribution < 1.29 is 9.59 Å². The van der Waals surface area contributed by atoms with Crippen molar-refractivity contribution in [3.05, 3.63) is 22.4 Å². The molecule has 0 spiro atoms. The van der Waals surface area contributed by atoms with E-state index in [1.165, 1.54) is 13.0 Å². The number of rotatable bonds is 0. The maximum absolute atomic E-state index is 11.0. The Morgan fingerprint density at radius 1 is 1.45 bits per heavy atom. The van der Waals surface area contributed by atoms with Gasteiger partial charge in [0.25, 0.3) is 0 Å². The molecule has 1 aliphatic carbocycles. The summed E-state index contributed by atoms with van der Waals surface area (Å²) in [6.07, 6.45) is 1.18. The van der Waals surface area contributed by atoms with Crippen molar-refractivity contribution in [2.75, 3.05) is 0 Å². The summed E-state index contributed by atoms with van der Waals surface area (Å²) in [6, 6.07) is 0. The minimum atomic E-state index is -0.396. The van der Waals surface area contributed by atoms with Crippen LogP contribution in [0.25, 0.3) is 0 Å². The summed E-state index contributed by atoms with van der Waals surface area (Å²) >= 11 is 5.45. The van der Waals surface area contributed by atoms with Crippen LogP contribution in [0.1, 0.15) is 6.92 Å². The van der Waals surface area contributed by atoms with Gasteiger partial charge in [-0.1, -0.05) is 11.6 Å². The predicted molar refractivity (Wildman–Crippen MR) is 40.8 cm³/mol. The van der Waals surface area contributed by atoms with E-state index in [0.717, 1.165) is 0 Å². The summed E-state index contributed by atoms with van der Waals surface area (Å²) in [6.45, 7) is 1.52. The summed E-state index contributed by atoms with van der Waals surface area (Å²) in [5.41, 5.74) is 5.37. The number of Topliss-reactive ketones (excluding diaryl/α,β-unsaturated/α-hetero) is 1. The van der Waals surface area contributed by atoms with Crippen LogP contribution in [-0.4, -0.2) is 11.6 Å². The fourth-order valence-corrected chi connectivity index (χ4v) is 0.986. The highest BCUT2D eigenvalue weighted by Gasteiger charge is 2.22. The zero-order valence-electron chi connectivity index (χ0n) is 5.85. The number of ketones is 2. The molecular formula is C7H6ClNO2. The standard InChI is InChI=1S/C7H6ClNO2/c1-3-2-4(10)6(9)5(8)7(3)11/h2H,9H2,1H3. The Hall–Kier alpha value is -1.09. The fraction of sp³-hybridized carbons (Fsp3) is 0.143. The first-order chi connectivity index (χ1) is 5.04. The first-order valence-corrected chi connectivity index (χ1v) is 3.34. The molecule has 1 rings (SSSR count). The molecule has 4 heteroatoms. The predicted octanol–water partition coefficient (Wildman–Crippen LogP) is 0.494. The number of carbonyl (C=O) groups excluding carboxylic acids is 2. The van der Waals surface area contributed by atoms with Gasteiger partial charge in [0.1, 0.15) is 10.7 Å². The first-order valence-electron chi connectivity index (χ1n) is 2.96. The maximum atomic E-state index is 11.0. The van der Waals surface area contributed by atoms with Gasteiger partial charge in [-0.15, -0.1) is 0 Å². The first kappa shape index (κ1) is 8.01. The molecule has 0 amide bonds. The van der Waals surface area contributed by atoms with E-state index in [2.05, 4.69) is 0 Å². The SMILES string of the molecule is CC1=CC(=O)C(N)=C(Cl)C1=O. The van der Waals surface area contributed by atoms with Gasteiger partial charge in [-0.25, -0.2) is 0 Å². The van der Waals surface area contributed by atoms with Crippen LogP contribution in [0.4, 0.5) is 0 Å². The molecule has 0 radical (unpaired) electrons. The van der Waals surface area contributed by atoms with Gasteiger partial charge < -0.3 is 5.73 Å². The van der Waals surface area contributed by atoms with Crippen molar-refractivity contribution >= 4 is 23.2 Å². The van der Waals surface area contributed by atoms with Gasteiger partial charge in [-0.05, 0) is 13.0 Å². The fourth-order valence-electron chi connectivity index (χ4n) is 0.744. The smallest absolute Gasteiger partial charge is 0.203 e. The molecular weight excluding hydrogens is 166 g/mol. The summed E-state index contributed by atoms with van der Waals surface area (Å²) in [7, 11) is 0. The molecule has 58 valence electrons. The third-order valence-electron chi connectivity index (χ3n) is 1.41. The van der Waals surface area contributed by atoms with Crippen molar-refractivity contribution in [2.45, 2.75) is 6.92 Å². The average molecular weight is 172 g/mol. The highest BCUT2D eigenvalue weighted by Crippen LogP contribution is 2.18. The number of halogens is 1. The molecule has 11 heavy (non-hydrogen) atoms. The summed E-state index contributed by atoms with van der Waals surface area (Å²) in [4.78, 5) is 21.9. The molecule has 0 aromatic heterocycles. The number of allylic oxidation sites excluding steroid dienone is 3. The quantitative estimate of drug-likeness (QED) is 0.540. The van der Waals surface area contributed by atoms with E-state index in [4.69, 9.17) is 17.3 Å². The van der Waals surface area contributed by atoms with Gasteiger partial charge in [-0.3, -0.25) is 9.59 Å². The molecule has 0 aliphatic heterocycles. The minimum absolute atomic E-state index is 0.165. The molecule has 0 saturated heterocycles. The van der Waals surface area contributed by atoms with Crippen molar-refractivity contribution in [3.63, 3.8) is 0 Å². The third kappa shape index (κ3) is 1.19. The van der Waals surface area contributed by atoms with Gasteiger partial charge in [0.15, 0.2) is 0 Å². The lowest BCUT2D eigenvalue weighted by Crippen LogP contribution is -2.20. The van der Waals surface area contributed by atoms with Gasteiger partial charge in [0, 0.05) is 5.57 Å². The van der Waals surface area contributed by atoms with Crippen molar-refractivity contribution in [2.24, 2.45) is 5.73 Å². The monoisotopic (exact) mass is 171 g/mol. The summed E-state index contributed by atoms with van der Waals surface area (Å²) < 4.78 is 0. The highest BCUT2D eigenvalue weighted by atomic mass is 35.5. The second kappa shape index (κ2) is 2.51. The Morgan fingerprint density at radius 2 is 2.00 bits per heavy atom. The van der Waals surface area contributed by atoms with Crippen LogP contribution in [0.15, 0.2) is 22.4 Å². The van der Waals surface area contributed by atoms with Crippen LogP contribution >= 0.6 is 11.6 Å². The lowest BCUT2D eigenvalue weighted by molar-refractivity contribution is -0.115. The van der Waals surface area contributed by atoms with Crippen LogP contribution in [0.3, 0.4) is 0 Å². The van der Waals surface area contributed by atoms with Crippen molar-refractivity contribution in [1.29, 1.82) is 0 Å². The van der Waals surface area contributed by atoms with Crippen molar-refractivity contribution in [3.8, 4) is 0 Å². The molecule has 0 heterocycles. The number of nitrogens with two attached hydrogens (primary N) is 1. The minimum Gasteiger partial charge on any atom is -0.394 e. The van der Waals surface area contributed by atoms with E-state index in [1.807, 2.05) is 0 Å². The lowest BCUT2D eigenvalue weighted by atomic mass is 10.0. The van der Waals surface area contributed by atoms with Gasteiger partial charge in [-0.2, -0.15) is 0 Å². The second-order valence-electron chi connectivity index (χ2n) is 2.25. The normalized spacial score (nSPS) is 18.9. The van der Waals surface area contributed by atoms with Crippen LogP contribution in [-0.2, 0) is 9.59 Å². The molecule has 0 aromatic rings. The number of hydrogen-bond acceptors (Lipinski definition) is 3. The topological polar surface area (TPSA) is 60.2 Å². The number of carbonyl (C=O) groups is 2. The van der Waals surface area contributed by atoms with Gasteiger partial charge in [0.2, 0.25) is 11.6 Å². The van der Waals surface area contributed by atoms with Crippen LogP contribution in [0, 0.1) is 0 Å². The molecule has 0 saturated carbocycles. The molecule has 0 atom stereocenters. The molecule has 0 bridgehead atoms. The largest absolute Gasteiger partial charge is 0.394 e. The molecule has 0 unspecified atom stereocenters. The van der Waals surface area contributed by atoms with Crippen LogP contribution < -0.4 is 5.73 Å². The summed E-state index contributed by atoms with van der Waals surface area (Å²) in [5.74, 6) is -0.768. The Kier molecular flexibility index (Phi) is 1.83. The van der Waals surface area contributed by atoms with E-state index in [-0.39, 0.29) is 16.5 Å². The molecule has 0 aromatic carbocycles. The summed E-state index contributed by atoms with van der Waals surface area (Å²) in [5, 5.41) is -0.171. The zero-order chi connectivity index (χ0) is 8.59. The Labute approximate surface area is 68.5 Å². The van der Waals surface area contributed by atoms with Gasteiger partial charge >= 0.3 is 0 Å². The molecule has 1 aliphatic rings. The molecule has 0 fully saturated rings. The Bertz CT molecular complexity index is 302. The Balaban J connectivity index is 3.19. The third-order valence-corrected chi connectivity index (χ3v) is 1.78. The zero-order valence-corrected chi connectivity index (χ0v) is 6.61. The van der Waals surface area contributed by atoms with E-state index < -0.39 is 5.78 Å². The van der Waals surface area contributed by atoms with E-state index >= 15 is 0 Å². The molecule has 3 nitrogen and oxygen atoms in total. The van der Waals surface area contributed by atoms with E-state index in [0.29, 0.717) is 5.57 Å². The van der Waals surface area contributed by atoms with Crippen LogP contribution in [0.2, 0.25) is 0 Å².